The second-order valence-corrected chi connectivity index (χ2v) is 6.55. The maximum Gasteiger partial charge on any atom is 0.339 e. The number of hydrogen-bond acceptors (Lipinski definition) is 7. The van der Waals surface area contributed by atoms with Crippen molar-refractivity contribution in [2.45, 2.75) is 32.9 Å². The summed E-state index contributed by atoms with van der Waals surface area (Å²) in [6.45, 7) is 5.27. The normalized spacial score (nSPS) is 11.2. The summed E-state index contributed by atoms with van der Waals surface area (Å²) in [5.41, 5.74) is -0.470. The maximum absolute atomic E-state index is 12.1. The number of carbonyl (C=O) groups excluding carboxylic acids is 1. The first-order chi connectivity index (χ1) is 11.6. The van der Waals surface area contributed by atoms with Gasteiger partial charge in [-0.05, 0) is 32.9 Å². The van der Waals surface area contributed by atoms with Gasteiger partial charge in [0.05, 0.1) is 23.9 Å². The molecule has 0 radical (unpaired) electrons. The van der Waals surface area contributed by atoms with Crippen molar-refractivity contribution in [1.82, 2.24) is 14.8 Å². The van der Waals surface area contributed by atoms with Crippen LogP contribution in [0.15, 0.2) is 23.1 Å². The van der Waals surface area contributed by atoms with Gasteiger partial charge in [-0.1, -0.05) is 11.6 Å². The molecule has 2 heterocycles. The van der Waals surface area contributed by atoms with Crippen LogP contribution in [0.2, 0.25) is 5.02 Å². The molecule has 0 atom stereocenters. The summed E-state index contributed by atoms with van der Waals surface area (Å²) >= 11 is 5.88. The number of aromatic nitrogens is 3. The molecule has 0 bridgehead atoms. The Morgan fingerprint density at radius 2 is 2.04 bits per heavy atom. The number of hydrogen-bond donors (Lipinski definition) is 1. The summed E-state index contributed by atoms with van der Waals surface area (Å²) in [4.78, 5) is 27.5. The molecule has 0 aliphatic heterocycles. The van der Waals surface area contributed by atoms with E-state index < -0.39 is 22.8 Å². The average Bonchev–Trinajstić information content (AvgIpc) is 2.57. The number of aromatic hydroxyl groups is 1. The number of nitrogens with zero attached hydrogens (tertiary/aromatic N) is 3. The Balaban J connectivity index is 2.25. The van der Waals surface area contributed by atoms with Crippen LogP contribution >= 0.6 is 11.6 Å². The highest BCUT2D eigenvalue weighted by atomic mass is 35.5. The molecule has 0 unspecified atom stereocenters. The lowest BCUT2D eigenvalue weighted by atomic mass is 10.1. The number of ether oxygens (including phenoxy) is 2. The van der Waals surface area contributed by atoms with E-state index >= 15 is 0 Å². The van der Waals surface area contributed by atoms with Crippen LogP contribution in [0, 0.1) is 0 Å². The molecule has 2 aromatic rings. The summed E-state index contributed by atoms with van der Waals surface area (Å²) in [5, 5.41) is 13.6. The van der Waals surface area contributed by atoms with E-state index in [1.165, 1.54) is 19.4 Å². The predicted octanol–water partition coefficient (Wildman–Crippen LogP) is 2.12. The van der Waals surface area contributed by atoms with Crippen molar-refractivity contribution in [2.24, 2.45) is 0 Å². The molecule has 0 saturated heterocycles. The third kappa shape index (κ3) is 4.08. The topological polar surface area (TPSA) is 104 Å². The second kappa shape index (κ2) is 7.10. The lowest BCUT2D eigenvalue weighted by Gasteiger charge is -2.22. The molecule has 2 aromatic heterocycles. The van der Waals surface area contributed by atoms with Crippen molar-refractivity contribution >= 4 is 17.6 Å². The number of pyridine rings is 1. The van der Waals surface area contributed by atoms with Crippen LogP contribution < -0.4 is 10.3 Å². The largest absolute Gasteiger partial charge is 0.502 e. The van der Waals surface area contributed by atoms with Crippen LogP contribution in [0.4, 0.5) is 0 Å². The van der Waals surface area contributed by atoms with Gasteiger partial charge in [0.15, 0.2) is 5.02 Å². The second-order valence-electron chi connectivity index (χ2n) is 6.17. The fourth-order valence-corrected chi connectivity index (χ4v) is 2.08. The zero-order valence-electron chi connectivity index (χ0n) is 14.2. The summed E-state index contributed by atoms with van der Waals surface area (Å²) in [6, 6.07) is 3.11. The third-order valence-corrected chi connectivity index (χ3v) is 3.56. The smallest absolute Gasteiger partial charge is 0.339 e. The Kier molecular flexibility index (Phi) is 5.32. The number of rotatable bonds is 4. The minimum atomic E-state index is -0.646. The molecule has 0 fully saturated rings. The van der Waals surface area contributed by atoms with E-state index in [9.17, 15) is 14.7 Å². The van der Waals surface area contributed by atoms with Gasteiger partial charge in [0.1, 0.15) is 6.61 Å². The standard InChI is InChI=1S/C16H18ClN3O5/c1-16(2,3)20-14(22)11(17)12(21)13(19-20)25-8-10-6-5-9(7-18-10)15(23)24-4/h5-7,21H,8H2,1-4H3. The first-order valence-electron chi connectivity index (χ1n) is 7.33. The molecule has 134 valence electrons. The highest BCUT2D eigenvalue weighted by Crippen LogP contribution is 2.30. The van der Waals surface area contributed by atoms with Gasteiger partial charge in [-0.2, -0.15) is 0 Å². The number of halogens is 1. The quantitative estimate of drug-likeness (QED) is 0.825. The van der Waals surface area contributed by atoms with Crippen LogP contribution in [0.5, 0.6) is 11.6 Å². The summed E-state index contributed by atoms with van der Waals surface area (Å²) in [7, 11) is 1.28. The van der Waals surface area contributed by atoms with E-state index in [0.29, 0.717) is 11.3 Å². The zero-order valence-corrected chi connectivity index (χ0v) is 15.0. The predicted molar refractivity (Wildman–Crippen MR) is 90.1 cm³/mol. The summed E-state index contributed by atoms with van der Waals surface area (Å²) in [6.07, 6.45) is 1.35. The SMILES string of the molecule is COC(=O)c1ccc(COc2nn(C(C)(C)C)c(=O)c(Cl)c2O)nc1. The van der Waals surface area contributed by atoms with E-state index in [1.54, 1.807) is 26.8 Å². The molecule has 2 rings (SSSR count). The third-order valence-electron chi connectivity index (χ3n) is 3.22. The molecule has 8 nitrogen and oxygen atoms in total. The van der Waals surface area contributed by atoms with Crippen LogP contribution in [-0.4, -0.2) is 33.0 Å². The van der Waals surface area contributed by atoms with Crippen LogP contribution in [-0.2, 0) is 16.9 Å². The summed E-state index contributed by atoms with van der Waals surface area (Å²) < 4.78 is 11.2. The molecule has 0 amide bonds. The van der Waals surface area contributed by atoms with Crippen LogP contribution in [0.25, 0.3) is 0 Å². The first kappa shape index (κ1) is 18.7. The molecule has 0 aliphatic rings. The Labute approximate surface area is 149 Å². The lowest BCUT2D eigenvalue weighted by molar-refractivity contribution is 0.0600. The van der Waals surface area contributed by atoms with Gasteiger partial charge in [-0.3, -0.25) is 9.78 Å². The van der Waals surface area contributed by atoms with Crippen molar-refractivity contribution < 1.29 is 19.4 Å². The van der Waals surface area contributed by atoms with Crippen LogP contribution in [0.1, 0.15) is 36.8 Å². The fraction of sp³-hybridized carbons (Fsp3) is 0.375. The van der Waals surface area contributed by atoms with E-state index in [1.807, 2.05) is 0 Å². The van der Waals surface area contributed by atoms with Crippen molar-refractivity contribution in [2.75, 3.05) is 7.11 Å². The highest BCUT2D eigenvalue weighted by molar-refractivity contribution is 6.31. The Hall–Kier alpha value is -2.61. The molecular weight excluding hydrogens is 350 g/mol. The fourth-order valence-electron chi connectivity index (χ4n) is 1.91. The molecular formula is C16H18ClN3O5. The Morgan fingerprint density at radius 1 is 1.36 bits per heavy atom. The molecule has 0 saturated carbocycles. The van der Waals surface area contributed by atoms with Crippen molar-refractivity contribution in [1.29, 1.82) is 0 Å². The van der Waals surface area contributed by atoms with E-state index in [-0.39, 0.29) is 17.5 Å². The zero-order chi connectivity index (χ0) is 18.8. The van der Waals surface area contributed by atoms with Crippen LogP contribution in [0.3, 0.4) is 0 Å². The minimum Gasteiger partial charge on any atom is -0.502 e. The lowest BCUT2D eigenvalue weighted by Crippen LogP contribution is -2.36. The highest BCUT2D eigenvalue weighted by Gasteiger charge is 2.23. The minimum absolute atomic E-state index is 0.0410. The Morgan fingerprint density at radius 3 is 2.56 bits per heavy atom. The summed E-state index contributed by atoms with van der Waals surface area (Å²) in [5.74, 6) is -1.21. The molecule has 1 N–H and O–H groups in total. The molecule has 9 heteroatoms. The van der Waals surface area contributed by atoms with Gasteiger partial charge in [0, 0.05) is 6.20 Å². The first-order valence-corrected chi connectivity index (χ1v) is 7.71. The van der Waals surface area contributed by atoms with Gasteiger partial charge in [-0.15, -0.1) is 5.10 Å². The van der Waals surface area contributed by atoms with Gasteiger partial charge >= 0.3 is 5.97 Å². The van der Waals surface area contributed by atoms with Gasteiger partial charge < -0.3 is 14.6 Å². The van der Waals surface area contributed by atoms with E-state index in [0.717, 1.165) is 4.68 Å². The molecule has 0 aromatic carbocycles. The number of methoxy groups -OCH3 is 1. The number of esters is 1. The Bertz CT molecular complexity index is 841. The monoisotopic (exact) mass is 367 g/mol. The molecule has 0 spiro atoms. The van der Waals surface area contributed by atoms with Gasteiger partial charge in [-0.25, -0.2) is 9.48 Å². The maximum atomic E-state index is 12.1. The van der Waals surface area contributed by atoms with Crippen molar-refractivity contribution in [3.63, 3.8) is 0 Å². The average molecular weight is 368 g/mol. The molecule has 25 heavy (non-hydrogen) atoms. The molecule has 0 aliphatic carbocycles. The van der Waals surface area contributed by atoms with E-state index in [4.69, 9.17) is 16.3 Å². The number of carbonyl (C=O) groups is 1. The van der Waals surface area contributed by atoms with Crippen molar-refractivity contribution in [3.8, 4) is 11.6 Å². The van der Waals surface area contributed by atoms with Crippen molar-refractivity contribution in [3.05, 3.63) is 45.0 Å². The van der Waals surface area contributed by atoms with E-state index in [2.05, 4.69) is 14.8 Å². The van der Waals surface area contributed by atoms with Gasteiger partial charge in [0.2, 0.25) is 5.75 Å². The van der Waals surface area contributed by atoms with Gasteiger partial charge in [0.25, 0.3) is 11.4 Å².